The number of hydrogen-bond acceptors (Lipinski definition) is 2. The van der Waals surface area contributed by atoms with E-state index in [4.69, 9.17) is 11.6 Å². The van der Waals surface area contributed by atoms with Gasteiger partial charge in [-0.3, -0.25) is 0 Å². The Morgan fingerprint density at radius 3 is 2.89 bits per heavy atom. The Balaban J connectivity index is 2.13. The van der Waals surface area contributed by atoms with E-state index in [0.29, 0.717) is 11.2 Å². The highest BCUT2D eigenvalue weighted by Gasteiger charge is 2.11. The molecule has 0 saturated heterocycles. The largest absolute Gasteiger partial charge is 0.342 e. The van der Waals surface area contributed by atoms with Gasteiger partial charge in [-0.2, -0.15) is 0 Å². The molecule has 0 aliphatic carbocycles. The molecule has 2 rings (SSSR count). The minimum absolute atomic E-state index is 0.339. The van der Waals surface area contributed by atoms with Crippen LogP contribution >= 0.6 is 11.6 Å². The first-order valence-corrected chi connectivity index (χ1v) is 7.05. The van der Waals surface area contributed by atoms with Crippen molar-refractivity contribution < 1.29 is 0 Å². The maximum absolute atomic E-state index is 6.02. The topological polar surface area (TPSA) is 34.8 Å². The molecule has 0 aliphatic rings. The van der Waals surface area contributed by atoms with Crippen molar-refractivity contribution in [1.29, 1.82) is 0 Å². The van der Waals surface area contributed by atoms with Crippen LogP contribution in [0.4, 0.5) is 0 Å². The number of imidazole rings is 1. The van der Waals surface area contributed by atoms with Crippen molar-refractivity contribution in [3.8, 4) is 0 Å². The van der Waals surface area contributed by atoms with Crippen molar-refractivity contribution >= 4 is 11.6 Å². The monoisotopic (exact) mass is 280 g/mol. The predicted molar refractivity (Wildman–Crippen MR) is 78.5 cm³/mol. The van der Waals surface area contributed by atoms with Gasteiger partial charge in [0.1, 0.15) is 11.0 Å². The molecule has 0 amide bonds. The van der Waals surface area contributed by atoms with E-state index in [1.54, 1.807) is 6.20 Å². The Labute approximate surface area is 119 Å². The van der Waals surface area contributed by atoms with Crippen LogP contribution in [0.15, 0.2) is 24.5 Å². The molecule has 1 atom stereocenters. The number of aromatic nitrogens is 3. The molecule has 19 heavy (non-hydrogen) atoms. The van der Waals surface area contributed by atoms with Crippen molar-refractivity contribution in [2.45, 2.75) is 32.9 Å². The fourth-order valence-corrected chi connectivity index (χ4v) is 2.30. The Kier molecular flexibility index (Phi) is 4.66. The van der Waals surface area contributed by atoms with E-state index in [1.807, 2.05) is 11.6 Å². The molecule has 1 N–H and O–H groups in total. The Morgan fingerprint density at radius 1 is 1.47 bits per heavy atom. The van der Waals surface area contributed by atoms with Crippen LogP contribution in [-0.2, 0) is 13.6 Å². The summed E-state index contributed by atoms with van der Waals surface area (Å²) in [7, 11) is 1.94. The van der Waals surface area contributed by atoms with Gasteiger partial charge in [-0.05, 0) is 32.0 Å². The Bertz CT molecular complexity index is 529. The zero-order valence-electron chi connectivity index (χ0n) is 11.7. The summed E-state index contributed by atoms with van der Waals surface area (Å²) in [6.45, 7) is 6.13. The van der Waals surface area contributed by atoms with Crippen molar-refractivity contribution in [2.75, 3.05) is 6.54 Å². The summed E-state index contributed by atoms with van der Waals surface area (Å²) in [4.78, 5) is 4.34. The summed E-state index contributed by atoms with van der Waals surface area (Å²) in [6.07, 6.45) is 4.92. The molecule has 4 nitrogen and oxygen atoms in total. The maximum atomic E-state index is 6.02. The second-order valence-electron chi connectivity index (χ2n) is 4.79. The fourth-order valence-electron chi connectivity index (χ4n) is 2.15. The number of nitrogens with one attached hydrogen (secondary N) is 1. The van der Waals surface area contributed by atoms with Gasteiger partial charge in [-0.25, -0.2) is 4.98 Å². The number of rotatable bonds is 6. The minimum atomic E-state index is 0.339. The van der Waals surface area contributed by atoms with Crippen LogP contribution in [0.2, 0.25) is 5.15 Å². The molecule has 2 aromatic heterocycles. The van der Waals surface area contributed by atoms with E-state index in [9.17, 15) is 0 Å². The van der Waals surface area contributed by atoms with Crippen LogP contribution in [-0.4, -0.2) is 20.7 Å². The quantitative estimate of drug-likeness (QED) is 0.883. The summed E-state index contributed by atoms with van der Waals surface area (Å²) >= 11 is 6.02. The van der Waals surface area contributed by atoms with Gasteiger partial charge in [0.15, 0.2) is 0 Å². The lowest BCUT2D eigenvalue weighted by Crippen LogP contribution is -2.22. The summed E-state index contributed by atoms with van der Waals surface area (Å²) in [5.41, 5.74) is 1.27. The maximum Gasteiger partial charge on any atom is 0.129 e. The highest BCUT2D eigenvalue weighted by molar-refractivity contribution is 6.29. The third-order valence-corrected chi connectivity index (χ3v) is 3.70. The molecule has 2 aromatic rings. The average molecular weight is 281 g/mol. The molecule has 104 valence electrons. The van der Waals surface area contributed by atoms with E-state index in [0.717, 1.165) is 25.3 Å². The first-order valence-electron chi connectivity index (χ1n) is 6.68. The second-order valence-corrected chi connectivity index (χ2v) is 5.18. The zero-order valence-corrected chi connectivity index (χ0v) is 12.5. The normalized spacial score (nSPS) is 12.8. The lowest BCUT2D eigenvalue weighted by Gasteiger charge is -2.16. The van der Waals surface area contributed by atoms with E-state index in [2.05, 4.69) is 47.0 Å². The third-order valence-electron chi connectivity index (χ3n) is 3.35. The van der Waals surface area contributed by atoms with Crippen molar-refractivity contribution in [2.24, 2.45) is 7.05 Å². The first kappa shape index (κ1) is 14.2. The summed E-state index contributed by atoms with van der Waals surface area (Å²) in [6, 6.07) is 4.56. The number of nitrogens with zero attached hydrogens (tertiary/aromatic N) is 3. The second kappa shape index (κ2) is 6.26. The van der Waals surface area contributed by atoms with Gasteiger partial charge < -0.3 is 14.5 Å². The third kappa shape index (κ3) is 3.19. The molecule has 1 unspecified atom stereocenters. The molecule has 0 fully saturated rings. The molecule has 0 saturated carbocycles. The Hall–Kier alpha value is -1.26. The van der Waals surface area contributed by atoms with E-state index in [1.165, 1.54) is 5.69 Å². The van der Waals surface area contributed by atoms with Gasteiger partial charge in [0.05, 0.1) is 12.7 Å². The smallest absolute Gasteiger partial charge is 0.129 e. The summed E-state index contributed by atoms with van der Waals surface area (Å²) < 4.78 is 4.13. The number of hydrogen-bond donors (Lipinski definition) is 1. The van der Waals surface area contributed by atoms with E-state index in [-0.39, 0.29) is 0 Å². The van der Waals surface area contributed by atoms with Crippen molar-refractivity contribution in [3.05, 3.63) is 41.2 Å². The molecule has 0 aromatic carbocycles. The van der Waals surface area contributed by atoms with Crippen LogP contribution in [0.3, 0.4) is 0 Å². The SMILES string of the molecule is CCCNC(C)c1cccn1Cc1ncc(Cl)n1C. The van der Waals surface area contributed by atoms with Crippen LogP contribution in [0, 0.1) is 0 Å². The fraction of sp³-hybridized carbons (Fsp3) is 0.500. The van der Waals surface area contributed by atoms with Gasteiger partial charge in [-0.1, -0.05) is 18.5 Å². The Morgan fingerprint density at radius 2 is 2.26 bits per heavy atom. The molecular formula is C14H21ClN4. The molecular weight excluding hydrogens is 260 g/mol. The van der Waals surface area contributed by atoms with Gasteiger partial charge in [-0.15, -0.1) is 0 Å². The van der Waals surface area contributed by atoms with Crippen LogP contribution in [0.5, 0.6) is 0 Å². The van der Waals surface area contributed by atoms with Gasteiger partial charge in [0.25, 0.3) is 0 Å². The van der Waals surface area contributed by atoms with Crippen LogP contribution in [0.1, 0.15) is 37.8 Å². The van der Waals surface area contributed by atoms with Gasteiger partial charge in [0.2, 0.25) is 0 Å². The minimum Gasteiger partial charge on any atom is -0.342 e. The average Bonchev–Trinajstić information content (AvgIpc) is 2.98. The highest BCUT2D eigenvalue weighted by atomic mass is 35.5. The first-order chi connectivity index (χ1) is 9.13. The number of halogens is 1. The standard InChI is InChI=1S/C14H21ClN4/c1-4-7-16-11(2)12-6-5-8-19(12)10-14-17-9-13(15)18(14)3/h5-6,8-9,11,16H,4,7,10H2,1-3H3. The lowest BCUT2D eigenvalue weighted by atomic mass is 10.2. The molecule has 0 bridgehead atoms. The van der Waals surface area contributed by atoms with Gasteiger partial charge in [0, 0.05) is 25.0 Å². The van der Waals surface area contributed by atoms with E-state index < -0.39 is 0 Å². The molecule has 0 spiro atoms. The van der Waals surface area contributed by atoms with Crippen molar-refractivity contribution in [3.63, 3.8) is 0 Å². The highest BCUT2D eigenvalue weighted by Crippen LogP contribution is 2.16. The van der Waals surface area contributed by atoms with Crippen LogP contribution < -0.4 is 5.32 Å². The molecule has 2 heterocycles. The lowest BCUT2D eigenvalue weighted by molar-refractivity contribution is 0.529. The predicted octanol–water partition coefficient (Wildman–Crippen LogP) is 2.98. The molecule has 5 heteroatoms. The zero-order chi connectivity index (χ0) is 13.8. The summed E-state index contributed by atoms with van der Waals surface area (Å²) in [5.74, 6) is 0.963. The van der Waals surface area contributed by atoms with Crippen molar-refractivity contribution in [1.82, 2.24) is 19.4 Å². The van der Waals surface area contributed by atoms with E-state index >= 15 is 0 Å². The van der Waals surface area contributed by atoms with Gasteiger partial charge >= 0.3 is 0 Å². The summed E-state index contributed by atoms with van der Waals surface area (Å²) in [5, 5.41) is 4.17. The van der Waals surface area contributed by atoms with Crippen LogP contribution in [0.25, 0.3) is 0 Å². The molecule has 0 aliphatic heterocycles. The molecule has 0 radical (unpaired) electrons.